The number of nitrogens with zero attached hydrogens (tertiary/aromatic N) is 2. The average molecular weight is 305 g/mol. The van der Waals surface area contributed by atoms with Gasteiger partial charge < -0.3 is 15.8 Å². The summed E-state index contributed by atoms with van der Waals surface area (Å²) < 4.78 is 5.90. The monoisotopic (exact) mass is 304 g/mol. The van der Waals surface area contributed by atoms with Gasteiger partial charge in [0.1, 0.15) is 6.54 Å². The number of amides is 1. The summed E-state index contributed by atoms with van der Waals surface area (Å²) in [6, 6.07) is 0.953. The molecule has 0 fully saturated rings. The van der Waals surface area contributed by atoms with E-state index in [2.05, 4.69) is 15.2 Å². The molecular formula is C12H21ClN4O3. The number of carbonyl (C=O) groups is 2. The molecule has 0 unspecified atom stereocenters. The second-order valence-electron chi connectivity index (χ2n) is 5.31. The molecule has 0 aliphatic heterocycles. The number of anilines is 1. The normalized spacial score (nSPS) is 12.2. The Morgan fingerprint density at radius 2 is 2.10 bits per heavy atom. The summed E-state index contributed by atoms with van der Waals surface area (Å²) in [5.41, 5.74) is 5.50. The quantitative estimate of drug-likeness (QED) is 0.801. The van der Waals surface area contributed by atoms with Crippen molar-refractivity contribution in [3.05, 3.63) is 12.3 Å². The Bertz CT molecular complexity index is 468. The summed E-state index contributed by atoms with van der Waals surface area (Å²) in [5.74, 6) is -0.364. The largest absolute Gasteiger partial charge is 0.468 e. The van der Waals surface area contributed by atoms with Crippen LogP contribution in [0.5, 0.6) is 0 Å². The highest BCUT2D eigenvalue weighted by Gasteiger charge is 2.27. The molecule has 1 heterocycles. The number of nitrogens with one attached hydrogen (secondary N) is 1. The first-order chi connectivity index (χ1) is 8.74. The SMILES string of the molecule is COC(=O)Cn1ccc(NC(=O)[C@@H](N)C(C)(C)C)n1.Cl. The Morgan fingerprint density at radius 3 is 2.60 bits per heavy atom. The van der Waals surface area contributed by atoms with Crippen molar-refractivity contribution in [1.82, 2.24) is 9.78 Å². The fourth-order valence-corrected chi connectivity index (χ4v) is 1.31. The molecule has 0 aromatic carbocycles. The molecule has 1 aromatic rings. The fraction of sp³-hybridized carbons (Fsp3) is 0.583. The molecule has 1 atom stereocenters. The first-order valence-corrected chi connectivity index (χ1v) is 5.90. The molecule has 7 nitrogen and oxygen atoms in total. The number of aromatic nitrogens is 2. The van der Waals surface area contributed by atoms with Gasteiger partial charge in [-0.25, -0.2) is 0 Å². The summed E-state index contributed by atoms with van der Waals surface area (Å²) in [6.07, 6.45) is 1.58. The van der Waals surface area contributed by atoms with Crippen molar-refractivity contribution in [1.29, 1.82) is 0 Å². The minimum absolute atomic E-state index is 0. The number of methoxy groups -OCH3 is 1. The van der Waals surface area contributed by atoms with Crippen LogP contribution in [-0.4, -0.2) is 34.8 Å². The van der Waals surface area contributed by atoms with Gasteiger partial charge in [0.2, 0.25) is 5.91 Å². The van der Waals surface area contributed by atoms with Crippen molar-refractivity contribution in [2.24, 2.45) is 11.1 Å². The van der Waals surface area contributed by atoms with Crippen LogP contribution in [-0.2, 0) is 20.9 Å². The number of carbonyl (C=O) groups excluding carboxylic acids is 2. The van der Waals surface area contributed by atoms with Gasteiger partial charge in [-0.3, -0.25) is 14.3 Å². The van der Waals surface area contributed by atoms with Gasteiger partial charge >= 0.3 is 5.97 Å². The van der Waals surface area contributed by atoms with E-state index >= 15 is 0 Å². The number of esters is 1. The van der Waals surface area contributed by atoms with Crippen molar-refractivity contribution in [2.45, 2.75) is 33.4 Å². The molecule has 1 rings (SSSR count). The number of nitrogens with two attached hydrogens (primary N) is 1. The third kappa shape index (κ3) is 5.18. The van der Waals surface area contributed by atoms with Gasteiger partial charge in [-0.2, -0.15) is 5.10 Å². The molecule has 0 aliphatic rings. The number of halogens is 1. The van der Waals surface area contributed by atoms with Gasteiger partial charge in [-0.05, 0) is 5.41 Å². The van der Waals surface area contributed by atoms with Gasteiger partial charge in [0.25, 0.3) is 0 Å². The Hall–Kier alpha value is -1.60. The van der Waals surface area contributed by atoms with Gasteiger partial charge in [-0.15, -0.1) is 12.4 Å². The zero-order valence-corrected chi connectivity index (χ0v) is 12.9. The maximum atomic E-state index is 11.9. The Kier molecular flexibility index (Phi) is 6.67. The van der Waals surface area contributed by atoms with E-state index in [0.29, 0.717) is 5.82 Å². The highest BCUT2D eigenvalue weighted by Crippen LogP contribution is 2.18. The summed E-state index contributed by atoms with van der Waals surface area (Å²) in [6.45, 7) is 5.64. The van der Waals surface area contributed by atoms with Crippen LogP contribution < -0.4 is 11.1 Å². The third-order valence-electron chi connectivity index (χ3n) is 2.63. The first kappa shape index (κ1) is 18.4. The van der Waals surface area contributed by atoms with Crippen LogP contribution in [0, 0.1) is 5.41 Å². The summed E-state index contributed by atoms with van der Waals surface area (Å²) in [5, 5.41) is 6.64. The Labute approximate surface area is 124 Å². The second-order valence-corrected chi connectivity index (χ2v) is 5.31. The maximum absolute atomic E-state index is 11.9. The van der Waals surface area contributed by atoms with E-state index in [-0.39, 0.29) is 30.3 Å². The zero-order chi connectivity index (χ0) is 14.6. The molecule has 0 bridgehead atoms. The molecule has 0 saturated heterocycles. The van der Waals surface area contributed by atoms with Gasteiger partial charge in [0.05, 0.1) is 13.2 Å². The minimum Gasteiger partial charge on any atom is -0.468 e. The van der Waals surface area contributed by atoms with E-state index in [1.54, 1.807) is 12.3 Å². The van der Waals surface area contributed by atoms with Crippen LogP contribution in [0.3, 0.4) is 0 Å². The number of hydrogen-bond acceptors (Lipinski definition) is 5. The lowest BCUT2D eigenvalue weighted by atomic mass is 9.87. The molecule has 3 N–H and O–H groups in total. The summed E-state index contributed by atoms with van der Waals surface area (Å²) in [4.78, 5) is 22.9. The molecule has 0 saturated carbocycles. The van der Waals surface area contributed by atoms with Crippen molar-refractivity contribution in [2.75, 3.05) is 12.4 Å². The smallest absolute Gasteiger partial charge is 0.327 e. The van der Waals surface area contributed by atoms with Gasteiger partial charge in [0.15, 0.2) is 5.82 Å². The molecule has 8 heteroatoms. The minimum atomic E-state index is -0.641. The van der Waals surface area contributed by atoms with E-state index in [4.69, 9.17) is 5.73 Å². The van der Waals surface area contributed by atoms with Crippen LogP contribution in [0.4, 0.5) is 5.82 Å². The van der Waals surface area contributed by atoms with Crippen molar-refractivity contribution < 1.29 is 14.3 Å². The molecule has 0 spiro atoms. The predicted octanol–water partition coefficient (Wildman–Crippen LogP) is 0.790. The van der Waals surface area contributed by atoms with Gasteiger partial charge in [0, 0.05) is 12.3 Å². The molecule has 0 aliphatic carbocycles. The molecule has 114 valence electrons. The number of rotatable bonds is 4. The van der Waals surface area contributed by atoms with Crippen molar-refractivity contribution >= 4 is 30.1 Å². The van der Waals surface area contributed by atoms with Crippen LogP contribution in [0.15, 0.2) is 12.3 Å². The van der Waals surface area contributed by atoms with E-state index in [9.17, 15) is 9.59 Å². The van der Waals surface area contributed by atoms with Crippen LogP contribution in [0.25, 0.3) is 0 Å². The van der Waals surface area contributed by atoms with Gasteiger partial charge in [-0.1, -0.05) is 20.8 Å². The van der Waals surface area contributed by atoms with Crippen molar-refractivity contribution in [3.8, 4) is 0 Å². The van der Waals surface area contributed by atoms with E-state index in [0.717, 1.165) is 0 Å². The van der Waals surface area contributed by atoms with E-state index in [1.807, 2.05) is 20.8 Å². The lowest BCUT2D eigenvalue weighted by Gasteiger charge is -2.25. The van der Waals surface area contributed by atoms with E-state index in [1.165, 1.54) is 11.8 Å². The van der Waals surface area contributed by atoms with Crippen LogP contribution in [0.2, 0.25) is 0 Å². The Balaban J connectivity index is 0.00000361. The van der Waals surface area contributed by atoms with Crippen LogP contribution >= 0.6 is 12.4 Å². The lowest BCUT2D eigenvalue weighted by molar-refractivity contribution is -0.141. The van der Waals surface area contributed by atoms with Crippen molar-refractivity contribution in [3.63, 3.8) is 0 Å². The molecular weight excluding hydrogens is 284 g/mol. The highest BCUT2D eigenvalue weighted by atomic mass is 35.5. The number of ether oxygens (including phenoxy) is 1. The number of hydrogen-bond donors (Lipinski definition) is 2. The molecule has 20 heavy (non-hydrogen) atoms. The zero-order valence-electron chi connectivity index (χ0n) is 12.0. The lowest BCUT2D eigenvalue weighted by Crippen LogP contribution is -2.45. The molecule has 1 amide bonds. The van der Waals surface area contributed by atoms with Crippen LogP contribution in [0.1, 0.15) is 20.8 Å². The van der Waals surface area contributed by atoms with E-state index < -0.39 is 12.0 Å². The predicted molar refractivity (Wildman–Crippen MR) is 77.6 cm³/mol. The topological polar surface area (TPSA) is 99.2 Å². The summed E-state index contributed by atoms with van der Waals surface area (Å²) in [7, 11) is 1.30. The fourth-order valence-electron chi connectivity index (χ4n) is 1.31. The Morgan fingerprint density at radius 1 is 1.50 bits per heavy atom. The average Bonchev–Trinajstić information content (AvgIpc) is 2.73. The molecule has 0 radical (unpaired) electrons. The second kappa shape index (κ2) is 7.25. The third-order valence-corrected chi connectivity index (χ3v) is 2.63. The maximum Gasteiger partial charge on any atom is 0.327 e. The molecule has 1 aromatic heterocycles. The highest BCUT2D eigenvalue weighted by molar-refractivity contribution is 5.94. The first-order valence-electron chi connectivity index (χ1n) is 5.90. The standard InChI is InChI=1S/C12H20N4O3.ClH/c1-12(2,3)10(13)11(18)14-8-5-6-16(15-8)7-9(17)19-4;/h5-6,10H,7,13H2,1-4H3,(H,14,15,18);1H/t10-;/m1./s1. The summed E-state index contributed by atoms with van der Waals surface area (Å²) >= 11 is 0.